The number of amides is 1. The zero-order valence-corrected chi connectivity index (χ0v) is 14.6. The molecule has 0 radical (unpaired) electrons. The molecule has 3 rings (SSSR count). The number of hydrogen-bond acceptors (Lipinski definition) is 4. The van der Waals surface area contributed by atoms with Crippen LogP contribution in [0.25, 0.3) is 0 Å². The van der Waals surface area contributed by atoms with Gasteiger partial charge < -0.3 is 19.5 Å². The standard InChI is InChI=1S/C19H25NO5/c1-24-16-7-5-14(6-8-16)3-2-4-17(21)20-11-15-9-10-25-13-19(15,12-20)18(22)23/h5-8,15H,2-4,9-13H2,1H3,(H,22,23)/t15-,19+/m0/s1. The lowest BCUT2D eigenvalue weighted by atomic mass is 9.76. The van der Waals surface area contributed by atoms with Crippen LogP contribution in [0.2, 0.25) is 0 Å². The van der Waals surface area contributed by atoms with Gasteiger partial charge in [0.05, 0.1) is 13.7 Å². The SMILES string of the molecule is COc1ccc(CCCC(=O)N2C[C@@H]3CCOC[C@]3(C(=O)O)C2)cc1. The molecule has 6 heteroatoms. The summed E-state index contributed by atoms with van der Waals surface area (Å²) in [6.45, 7) is 1.60. The zero-order chi connectivity index (χ0) is 17.9. The van der Waals surface area contributed by atoms with E-state index in [9.17, 15) is 14.7 Å². The van der Waals surface area contributed by atoms with Crippen molar-refractivity contribution in [3.8, 4) is 5.75 Å². The van der Waals surface area contributed by atoms with E-state index < -0.39 is 11.4 Å². The molecule has 2 fully saturated rings. The summed E-state index contributed by atoms with van der Waals surface area (Å²) in [5.74, 6) is 0.0271. The van der Waals surface area contributed by atoms with E-state index >= 15 is 0 Å². The summed E-state index contributed by atoms with van der Waals surface area (Å²) in [4.78, 5) is 26.0. The Kier molecular flexibility index (Phi) is 5.27. The number of aliphatic carboxylic acids is 1. The van der Waals surface area contributed by atoms with Crippen LogP contribution in [-0.4, -0.2) is 55.3 Å². The lowest BCUT2D eigenvalue weighted by Gasteiger charge is -2.33. The minimum absolute atomic E-state index is 0.00397. The second-order valence-corrected chi connectivity index (χ2v) is 6.98. The third-order valence-electron chi connectivity index (χ3n) is 5.46. The van der Waals surface area contributed by atoms with E-state index in [1.54, 1.807) is 12.0 Å². The van der Waals surface area contributed by atoms with E-state index in [4.69, 9.17) is 9.47 Å². The average molecular weight is 347 g/mol. The molecular weight excluding hydrogens is 322 g/mol. The van der Waals surface area contributed by atoms with Crippen molar-refractivity contribution in [1.82, 2.24) is 4.90 Å². The quantitative estimate of drug-likeness (QED) is 0.851. The number of rotatable bonds is 6. The second-order valence-electron chi connectivity index (χ2n) is 6.98. The van der Waals surface area contributed by atoms with Crippen molar-refractivity contribution in [2.45, 2.75) is 25.7 Å². The number of likely N-dealkylation sites (tertiary alicyclic amines) is 1. The van der Waals surface area contributed by atoms with Crippen molar-refractivity contribution in [2.75, 3.05) is 33.4 Å². The Hall–Kier alpha value is -2.08. The molecule has 1 N–H and O–H groups in total. The highest BCUT2D eigenvalue weighted by Gasteiger charge is 2.54. The highest BCUT2D eigenvalue weighted by Crippen LogP contribution is 2.41. The van der Waals surface area contributed by atoms with Crippen molar-refractivity contribution in [3.05, 3.63) is 29.8 Å². The predicted octanol–water partition coefficient (Wildman–Crippen LogP) is 1.97. The number of benzene rings is 1. The number of ether oxygens (including phenoxy) is 2. The summed E-state index contributed by atoms with van der Waals surface area (Å²) in [6.07, 6.45) is 2.72. The maximum atomic E-state index is 12.5. The normalized spacial score (nSPS) is 25.5. The van der Waals surface area contributed by atoms with Gasteiger partial charge >= 0.3 is 5.97 Å². The number of nitrogens with zero attached hydrogens (tertiary/aromatic N) is 1. The summed E-state index contributed by atoms with van der Waals surface area (Å²) in [6, 6.07) is 7.84. The molecule has 0 aromatic heterocycles. The van der Waals surface area contributed by atoms with Crippen LogP contribution in [0.5, 0.6) is 5.75 Å². The molecule has 2 aliphatic rings. The molecule has 2 aliphatic heterocycles. The second kappa shape index (κ2) is 7.44. The Bertz CT molecular complexity index is 629. The van der Waals surface area contributed by atoms with E-state index in [0.717, 1.165) is 18.6 Å². The van der Waals surface area contributed by atoms with Gasteiger partial charge in [-0.25, -0.2) is 0 Å². The van der Waals surface area contributed by atoms with E-state index in [-0.39, 0.29) is 25.0 Å². The molecule has 136 valence electrons. The first-order chi connectivity index (χ1) is 12.0. The zero-order valence-electron chi connectivity index (χ0n) is 14.6. The van der Waals surface area contributed by atoms with Crippen molar-refractivity contribution >= 4 is 11.9 Å². The van der Waals surface area contributed by atoms with Crippen LogP contribution in [0.15, 0.2) is 24.3 Å². The molecule has 25 heavy (non-hydrogen) atoms. The van der Waals surface area contributed by atoms with Gasteiger partial charge in [-0.2, -0.15) is 0 Å². The van der Waals surface area contributed by atoms with Gasteiger partial charge in [-0.15, -0.1) is 0 Å². The topological polar surface area (TPSA) is 76.1 Å². The first-order valence-corrected chi connectivity index (χ1v) is 8.77. The Morgan fingerprint density at radius 1 is 1.36 bits per heavy atom. The van der Waals surface area contributed by atoms with Gasteiger partial charge in [0.25, 0.3) is 0 Å². The number of methoxy groups -OCH3 is 1. The van der Waals surface area contributed by atoms with Gasteiger partial charge in [0.15, 0.2) is 0 Å². The van der Waals surface area contributed by atoms with Crippen molar-refractivity contribution in [1.29, 1.82) is 0 Å². The third kappa shape index (κ3) is 3.63. The number of carbonyl (C=O) groups excluding carboxylic acids is 1. The first-order valence-electron chi connectivity index (χ1n) is 8.77. The van der Waals surface area contributed by atoms with Gasteiger partial charge in [-0.05, 0) is 42.9 Å². The molecule has 2 saturated heterocycles. The molecule has 0 spiro atoms. The molecule has 6 nitrogen and oxygen atoms in total. The molecule has 1 amide bonds. The summed E-state index contributed by atoms with van der Waals surface area (Å²) in [7, 11) is 1.64. The monoisotopic (exact) mass is 347 g/mol. The third-order valence-corrected chi connectivity index (χ3v) is 5.46. The van der Waals surface area contributed by atoms with E-state index in [0.29, 0.717) is 26.0 Å². The lowest BCUT2D eigenvalue weighted by molar-refractivity contribution is -0.159. The highest BCUT2D eigenvalue weighted by atomic mass is 16.5. The maximum Gasteiger partial charge on any atom is 0.314 e. The van der Waals surface area contributed by atoms with E-state index in [1.165, 1.54) is 5.56 Å². The van der Waals surface area contributed by atoms with Crippen molar-refractivity contribution in [3.63, 3.8) is 0 Å². The largest absolute Gasteiger partial charge is 0.497 e. The summed E-state index contributed by atoms with van der Waals surface area (Å²) in [5, 5.41) is 9.64. The minimum Gasteiger partial charge on any atom is -0.497 e. The van der Waals surface area contributed by atoms with Crippen LogP contribution < -0.4 is 4.74 Å². The molecule has 0 saturated carbocycles. The molecule has 0 unspecified atom stereocenters. The fraction of sp³-hybridized carbons (Fsp3) is 0.579. The summed E-state index contributed by atoms with van der Waals surface area (Å²) in [5.41, 5.74) is 0.253. The van der Waals surface area contributed by atoms with Gasteiger partial charge in [0, 0.05) is 26.1 Å². The Morgan fingerprint density at radius 2 is 2.12 bits per heavy atom. The number of aryl methyl sites for hydroxylation is 1. The van der Waals surface area contributed by atoms with E-state index in [2.05, 4.69) is 0 Å². The van der Waals surface area contributed by atoms with Gasteiger partial charge in [0.2, 0.25) is 5.91 Å². The maximum absolute atomic E-state index is 12.5. The van der Waals surface area contributed by atoms with Crippen molar-refractivity contribution < 1.29 is 24.2 Å². The molecule has 1 aromatic rings. The Balaban J connectivity index is 1.52. The molecule has 0 bridgehead atoms. The first kappa shape index (κ1) is 17.7. The summed E-state index contributed by atoms with van der Waals surface area (Å²) >= 11 is 0. The molecule has 2 atom stereocenters. The number of carboxylic acids is 1. The number of carbonyl (C=O) groups is 2. The molecule has 0 aliphatic carbocycles. The average Bonchev–Trinajstić information content (AvgIpc) is 3.03. The molecular formula is C19H25NO5. The Morgan fingerprint density at radius 3 is 2.76 bits per heavy atom. The van der Waals surface area contributed by atoms with Crippen LogP contribution >= 0.6 is 0 Å². The van der Waals surface area contributed by atoms with Crippen LogP contribution in [0.4, 0.5) is 0 Å². The van der Waals surface area contributed by atoms with Gasteiger partial charge in [-0.3, -0.25) is 9.59 Å². The van der Waals surface area contributed by atoms with Crippen LogP contribution in [-0.2, 0) is 20.7 Å². The number of carboxylic acid groups (broad SMARTS) is 1. The van der Waals surface area contributed by atoms with Gasteiger partial charge in [0.1, 0.15) is 11.2 Å². The molecule has 2 heterocycles. The van der Waals surface area contributed by atoms with Crippen molar-refractivity contribution in [2.24, 2.45) is 11.3 Å². The van der Waals surface area contributed by atoms with E-state index in [1.807, 2.05) is 24.3 Å². The van der Waals surface area contributed by atoms with Crippen LogP contribution in [0, 0.1) is 11.3 Å². The van der Waals surface area contributed by atoms with Crippen LogP contribution in [0.1, 0.15) is 24.8 Å². The highest BCUT2D eigenvalue weighted by molar-refractivity contribution is 5.81. The lowest BCUT2D eigenvalue weighted by Crippen LogP contribution is -2.46. The minimum atomic E-state index is -0.913. The van der Waals surface area contributed by atoms with Crippen LogP contribution in [0.3, 0.4) is 0 Å². The fourth-order valence-electron chi connectivity index (χ4n) is 3.87. The number of hydrogen-bond donors (Lipinski definition) is 1. The predicted molar refractivity (Wildman–Crippen MR) is 91.5 cm³/mol. The fourth-order valence-corrected chi connectivity index (χ4v) is 3.87. The number of fused-ring (bicyclic) bond motifs is 1. The smallest absolute Gasteiger partial charge is 0.314 e. The summed E-state index contributed by atoms with van der Waals surface area (Å²) < 4.78 is 10.5. The molecule has 1 aromatic carbocycles. The van der Waals surface area contributed by atoms with Gasteiger partial charge in [-0.1, -0.05) is 12.1 Å². The Labute approximate surface area is 147 Å².